The minimum absolute atomic E-state index is 0.0128. The molecule has 0 fully saturated rings. The molecule has 5 heteroatoms. The monoisotopic (exact) mass is 334 g/mol. The molecule has 0 saturated carbocycles. The molecule has 1 aliphatic rings. The predicted octanol–water partition coefficient (Wildman–Crippen LogP) is 4.46. The van der Waals surface area contributed by atoms with E-state index < -0.39 is 20.2 Å². The third-order valence-electron chi connectivity index (χ3n) is 5.30. The molecule has 23 heavy (non-hydrogen) atoms. The van der Waals surface area contributed by atoms with E-state index in [0.717, 1.165) is 5.56 Å². The highest BCUT2D eigenvalue weighted by molar-refractivity contribution is 6.74. The molecule has 2 unspecified atom stereocenters. The average Bonchev–Trinajstić information content (AvgIpc) is 2.73. The van der Waals surface area contributed by atoms with E-state index in [1.54, 1.807) is 13.0 Å². The van der Waals surface area contributed by atoms with Crippen LogP contribution in [0.15, 0.2) is 18.2 Å². The summed E-state index contributed by atoms with van der Waals surface area (Å²) in [6.07, 6.45) is 0.270. The molecule has 0 aliphatic heterocycles. The van der Waals surface area contributed by atoms with E-state index in [1.165, 1.54) is 0 Å². The second-order valence-electron chi connectivity index (χ2n) is 7.97. The van der Waals surface area contributed by atoms with Crippen molar-refractivity contribution in [3.63, 3.8) is 0 Å². The van der Waals surface area contributed by atoms with Crippen molar-refractivity contribution in [2.24, 2.45) is 5.92 Å². The van der Waals surface area contributed by atoms with Crippen LogP contribution in [0.25, 0.3) is 0 Å². The smallest absolute Gasteiger partial charge is 0.306 e. The Bertz CT molecular complexity index is 643. The number of hydrogen-bond donors (Lipinski definition) is 1. The van der Waals surface area contributed by atoms with E-state index in [9.17, 15) is 14.7 Å². The molecule has 0 bridgehead atoms. The van der Waals surface area contributed by atoms with Gasteiger partial charge in [-0.1, -0.05) is 33.8 Å². The fraction of sp³-hybridized carbons (Fsp3) is 0.556. The molecule has 0 aromatic heterocycles. The van der Waals surface area contributed by atoms with Crippen LogP contribution in [0.3, 0.4) is 0 Å². The molecule has 1 aromatic rings. The van der Waals surface area contributed by atoms with Crippen LogP contribution in [0.2, 0.25) is 18.1 Å². The molecule has 0 amide bonds. The number of carboxylic acids is 1. The van der Waals surface area contributed by atoms with Gasteiger partial charge in [-0.05, 0) is 35.8 Å². The van der Waals surface area contributed by atoms with Crippen molar-refractivity contribution in [3.8, 4) is 5.75 Å². The predicted molar refractivity (Wildman–Crippen MR) is 92.8 cm³/mol. The maximum atomic E-state index is 12.3. The highest BCUT2D eigenvalue weighted by atomic mass is 28.4. The highest BCUT2D eigenvalue weighted by Crippen LogP contribution is 2.42. The molecule has 1 aliphatic carbocycles. The Labute approximate surface area is 139 Å². The van der Waals surface area contributed by atoms with Crippen LogP contribution in [0.1, 0.15) is 56.0 Å². The number of hydrogen-bond acceptors (Lipinski definition) is 3. The number of rotatable bonds is 4. The van der Waals surface area contributed by atoms with Crippen molar-refractivity contribution in [2.75, 3.05) is 0 Å². The Kier molecular flexibility index (Phi) is 4.46. The molecular weight excluding hydrogens is 308 g/mol. The average molecular weight is 334 g/mol. The van der Waals surface area contributed by atoms with Gasteiger partial charge in [0.05, 0.1) is 5.92 Å². The van der Waals surface area contributed by atoms with Crippen LogP contribution in [0.5, 0.6) is 5.75 Å². The molecule has 1 N–H and O–H groups in total. The largest absolute Gasteiger partial charge is 0.543 e. The van der Waals surface area contributed by atoms with Gasteiger partial charge in [0, 0.05) is 17.9 Å². The number of carboxylic acid groups (broad SMARTS) is 1. The van der Waals surface area contributed by atoms with Crippen LogP contribution in [0.4, 0.5) is 0 Å². The molecule has 4 nitrogen and oxygen atoms in total. The molecule has 126 valence electrons. The topological polar surface area (TPSA) is 63.6 Å². The first-order chi connectivity index (χ1) is 10.4. The van der Waals surface area contributed by atoms with E-state index in [0.29, 0.717) is 11.3 Å². The molecular formula is C18H26O4Si. The van der Waals surface area contributed by atoms with Crippen LogP contribution in [-0.4, -0.2) is 25.2 Å². The summed E-state index contributed by atoms with van der Waals surface area (Å²) in [6.45, 7) is 12.5. The quantitative estimate of drug-likeness (QED) is 0.826. The molecule has 0 radical (unpaired) electrons. The summed E-state index contributed by atoms with van der Waals surface area (Å²) < 4.78 is 6.25. The standard InChI is InChI=1S/C18H26O4Si/c1-11(17(20)21)14-10-16(19)15-9-12(7-8-13(14)15)22-23(5,6)18(2,3)4/h7-9,11,14H,10H2,1-6H3,(H,20,21). The molecule has 0 saturated heterocycles. The zero-order valence-electron chi connectivity index (χ0n) is 14.8. The van der Waals surface area contributed by atoms with Gasteiger partial charge < -0.3 is 9.53 Å². The van der Waals surface area contributed by atoms with Gasteiger partial charge in [0.25, 0.3) is 0 Å². The summed E-state index contributed by atoms with van der Waals surface area (Å²) in [4.78, 5) is 23.5. The van der Waals surface area contributed by atoms with E-state index in [4.69, 9.17) is 4.43 Å². The Morgan fingerprint density at radius 1 is 1.35 bits per heavy atom. The van der Waals surface area contributed by atoms with Crippen molar-refractivity contribution >= 4 is 20.1 Å². The zero-order chi connectivity index (χ0) is 17.6. The lowest BCUT2D eigenvalue weighted by Gasteiger charge is -2.36. The molecule has 1 aromatic carbocycles. The van der Waals surface area contributed by atoms with Crippen LogP contribution in [0, 0.1) is 5.92 Å². The SMILES string of the molecule is CC(C(=O)O)C1CC(=O)c2cc(O[Si](C)(C)C(C)(C)C)ccc21. The van der Waals surface area contributed by atoms with Crippen LogP contribution >= 0.6 is 0 Å². The number of benzene rings is 1. The fourth-order valence-corrected chi connectivity index (χ4v) is 3.67. The molecule has 2 atom stereocenters. The van der Waals surface area contributed by atoms with Crippen LogP contribution < -0.4 is 4.43 Å². The van der Waals surface area contributed by atoms with Crippen LogP contribution in [-0.2, 0) is 4.79 Å². The minimum Gasteiger partial charge on any atom is -0.543 e. The summed E-state index contributed by atoms with van der Waals surface area (Å²) in [7, 11) is -1.96. The van der Waals surface area contributed by atoms with E-state index >= 15 is 0 Å². The molecule has 0 heterocycles. The van der Waals surface area contributed by atoms with Crippen molar-refractivity contribution < 1.29 is 19.1 Å². The summed E-state index contributed by atoms with van der Waals surface area (Å²) in [5, 5.41) is 9.30. The zero-order valence-corrected chi connectivity index (χ0v) is 15.8. The Morgan fingerprint density at radius 3 is 2.48 bits per heavy atom. The number of fused-ring (bicyclic) bond motifs is 1. The van der Waals surface area contributed by atoms with Gasteiger partial charge in [-0.25, -0.2) is 0 Å². The van der Waals surface area contributed by atoms with E-state index in [-0.39, 0.29) is 23.2 Å². The summed E-state index contributed by atoms with van der Waals surface area (Å²) in [6, 6.07) is 5.54. The first-order valence-corrected chi connectivity index (χ1v) is 10.9. The highest BCUT2D eigenvalue weighted by Gasteiger charge is 2.40. The third-order valence-corrected chi connectivity index (χ3v) is 9.66. The van der Waals surface area contributed by atoms with Crippen molar-refractivity contribution in [1.29, 1.82) is 0 Å². The summed E-state index contributed by atoms with van der Waals surface area (Å²) in [5.41, 5.74) is 1.46. The van der Waals surface area contributed by atoms with E-state index in [1.807, 2.05) is 12.1 Å². The number of carbonyl (C=O) groups excluding carboxylic acids is 1. The maximum absolute atomic E-state index is 12.3. The number of carbonyl (C=O) groups is 2. The Hall–Kier alpha value is -1.62. The molecule has 0 spiro atoms. The van der Waals surface area contributed by atoms with Gasteiger partial charge in [-0.2, -0.15) is 0 Å². The van der Waals surface area contributed by atoms with Crippen molar-refractivity contribution in [2.45, 2.75) is 58.2 Å². The lowest BCUT2D eigenvalue weighted by atomic mass is 9.89. The van der Waals surface area contributed by atoms with Crippen molar-refractivity contribution in [1.82, 2.24) is 0 Å². The van der Waals surface area contributed by atoms with Gasteiger partial charge in [0.2, 0.25) is 8.32 Å². The maximum Gasteiger partial charge on any atom is 0.306 e. The third kappa shape index (κ3) is 3.34. The van der Waals surface area contributed by atoms with Gasteiger partial charge in [-0.15, -0.1) is 0 Å². The fourth-order valence-electron chi connectivity index (χ4n) is 2.65. The lowest BCUT2D eigenvalue weighted by molar-refractivity contribution is -0.141. The Morgan fingerprint density at radius 2 is 1.96 bits per heavy atom. The van der Waals surface area contributed by atoms with Gasteiger partial charge in [-0.3, -0.25) is 9.59 Å². The summed E-state index contributed by atoms with van der Waals surface area (Å²) in [5.74, 6) is -0.937. The van der Waals surface area contributed by atoms with Gasteiger partial charge in [0.1, 0.15) is 5.75 Å². The number of ketones is 1. The number of Topliss-reactive ketones (excluding diaryl/α,β-unsaturated/α-hetero) is 1. The lowest BCUT2D eigenvalue weighted by Crippen LogP contribution is -2.43. The van der Waals surface area contributed by atoms with E-state index in [2.05, 4.69) is 33.9 Å². The van der Waals surface area contributed by atoms with Crippen molar-refractivity contribution in [3.05, 3.63) is 29.3 Å². The summed E-state index contributed by atoms with van der Waals surface area (Å²) >= 11 is 0. The Balaban J connectivity index is 2.32. The second-order valence-corrected chi connectivity index (χ2v) is 12.7. The normalized spacial score (nSPS) is 19.4. The molecule has 2 rings (SSSR count). The first-order valence-electron chi connectivity index (χ1n) is 8.03. The number of aliphatic carboxylic acids is 1. The first kappa shape index (κ1) is 17.7. The second kappa shape index (κ2) is 5.78. The van der Waals surface area contributed by atoms with Gasteiger partial charge in [0.15, 0.2) is 5.78 Å². The van der Waals surface area contributed by atoms with Gasteiger partial charge >= 0.3 is 5.97 Å². The minimum atomic E-state index is -1.96.